The first-order chi connectivity index (χ1) is 17.1. The van der Waals surface area contributed by atoms with Crippen LogP contribution < -0.4 is 19.9 Å². The molecule has 0 bridgehead atoms. The van der Waals surface area contributed by atoms with E-state index in [-0.39, 0.29) is 23.0 Å². The Morgan fingerprint density at radius 3 is 2.22 bits per heavy atom. The fourth-order valence-electron chi connectivity index (χ4n) is 3.50. The van der Waals surface area contributed by atoms with Crippen molar-refractivity contribution in [2.24, 2.45) is 5.73 Å². The van der Waals surface area contributed by atoms with E-state index in [4.69, 9.17) is 15.2 Å². The Bertz CT molecular complexity index is 1430. The Kier molecular flexibility index (Phi) is 6.85. The van der Waals surface area contributed by atoms with Gasteiger partial charge in [-0.2, -0.15) is 14.0 Å². The maximum atomic E-state index is 13.7. The zero-order valence-electron chi connectivity index (χ0n) is 17.8. The molecule has 3 aromatic rings. The molecular formula is C24H12BrF5N2O4. The third kappa shape index (κ3) is 4.57. The van der Waals surface area contributed by atoms with Gasteiger partial charge in [-0.05, 0) is 23.8 Å². The van der Waals surface area contributed by atoms with Gasteiger partial charge >= 0.3 is 5.97 Å². The lowest BCUT2D eigenvalue weighted by Crippen LogP contribution is -2.22. The van der Waals surface area contributed by atoms with Gasteiger partial charge in [0.05, 0.1) is 5.92 Å². The van der Waals surface area contributed by atoms with E-state index in [1.54, 1.807) is 24.3 Å². The molecule has 0 radical (unpaired) electrons. The quantitative estimate of drug-likeness (QED) is 0.147. The van der Waals surface area contributed by atoms with E-state index in [0.29, 0.717) is 5.56 Å². The highest BCUT2D eigenvalue weighted by Gasteiger charge is 2.31. The van der Waals surface area contributed by atoms with Crippen molar-refractivity contribution in [3.05, 3.63) is 98.6 Å². The van der Waals surface area contributed by atoms with Crippen LogP contribution in [0.3, 0.4) is 0 Å². The molecule has 1 heterocycles. The lowest BCUT2D eigenvalue weighted by molar-refractivity contribution is -0.136. The molecule has 2 N–H and O–H groups in total. The van der Waals surface area contributed by atoms with Crippen LogP contribution in [-0.2, 0) is 4.79 Å². The highest BCUT2D eigenvalue weighted by molar-refractivity contribution is 9.10. The van der Waals surface area contributed by atoms with E-state index < -0.39 is 53.3 Å². The number of nitriles is 1. The fraction of sp³-hybridized carbons (Fsp3) is 0.0833. The maximum Gasteiger partial charge on any atom is 0.349 e. The van der Waals surface area contributed by atoms with Crippen LogP contribution in [0.2, 0.25) is 0 Å². The molecular weight excluding hydrogens is 555 g/mol. The predicted octanol–water partition coefficient (Wildman–Crippen LogP) is 5.35. The molecule has 6 nitrogen and oxygen atoms in total. The molecule has 0 saturated carbocycles. The van der Waals surface area contributed by atoms with Crippen molar-refractivity contribution in [1.82, 2.24) is 0 Å². The van der Waals surface area contributed by atoms with Crippen molar-refractivity contribution in [2.45, 2.75) is 5.92 Å². The van der Waals surface area contributed by atoms with Gasteiger partial charge in [-0.1, -0.05) is 34.1 Å². The zero-order valence-corrected chi connectivity index (χ0v) is 19.3. The molecule has 0 saturated heterocycles. The van der Waals surface area contributed by atoms with Crippen LogP contribution >= 0.6 is 15.9 Å². The molecule has 1 atom stereocenters. The summed E-state index contributed by atoms with van der Waals surface area (Å²) in [4.78, 5) is 12.1. The van der Waals surface area contributed by atoms with Crippen molar-refractivity contribution in [3.8, 4) is 23.3 Å². The molecule has 1 aliphatic rings. The van der Waals surface area contributed by atoms with Gasteiger partial charge in [0.25, 0.3) is 0 Å². The first kappa shape index (κ1) is 25.0. The van der Waals surface area contributed by atoms with E-state index in [1.807, 2.05) is 6.07 Å². The molecule has 3 aromatic carbocycles. The first-order valence-corrected chi connectivity index (χ1v) is 10.7. The van der Waals surface area contributed by atoms with Gasteiger partial charge in [0.15, 0.2) is 12.4 Å². The summed E-state index contributed by atoms with van der Waals surface area (Å²) in [5, 5.41) is 9.61. The van der Waals surface area contributed by atoms with E-state index in [2.05, 4.69) is 20.7 Å². The molecule has 0 spiro atoms. The van der Waals surface area contributed by atoms with E-state index >= 15 is 0 Å². The average molecular weight is 567 g/mol. The molecule has 1 unspecified atom stereocenters. The van der Waals surface area contributed by atoms with Crippen LogP contribution in [-0.4, -0.2) is 12.6 Å². The van der Waals surface area contributed by atoms with Crippen molar-refractivity contribution in [2.75, 3.05) is 6.61 Å². The Morgan fingerprint density at radius 2 is 1.61 bits per heavy atom. The lowest BCUT2D eigenvalue weighted by Gasteiger charge is -2.26. The number of nitrogens with two attached hydrogens (primary N) is 1. The normalized spacial score (nSPS) is 14.5. The number of benzene rings is 3. The summed E-state index contributed by atoms with van der Waals surface area (Å²) < 4.78 is 83.0. The van der Waals surface area contributed by atoms with Gasteiger partial charge in [0.2, 0.25) is 35.0 Å². The summed E-state index contributed by atoms with van der Waals surface area (Å²) in [5.74, 6) is -14.7. The van der Waals surface area contributed by atoms with Crippen LogP contribution in [0.25, 0.3) is 0 Å². The SMILES string of the molecule is N#CC1=C(N)Oc2cc(OC(=O)COc3c(F)c(F)c(F)c(F)c3F)ccc2C1c1ccc(Br)cc1. The van der Waals surface area contributed by atoms with Gasteiger partial charge in [0.1, 0.15) is 23.1 Å². The third-order valence-corrected chi connectivity index (χ3v) is 5.66. The second-order valence-corrected chi connectivity index (χ2v) is 8.25. The summed E-state index contributed by atoms with van der Waals surface area (Å²) in [7, 11) is 0. The molecule has 1 aliphatic heterocycles. The minimum Gasteiger partial charge on any atom is -0.476 e. The maximum absolute atomic E-state index is 13.7. The lowest BCUT2D eigenvalue weighted by atomic mass is 9.83. The molecule has 0 aromatic heterocycles. The molecule has 12 heteroatoms. The number of esters is 1. The number of carbonyl (C=O) groups is 1. The number of allylic oxidation sites excluding steroid dienone is 1. The molecule has 36 heavy (non-hydrogen) atoms. The van der Waals surface area contributed by atoms with E-state index in [0.717, 1.165) is 10.0 Å². The summed E-state index contributed by atoms with van der Waals surface area (Å²) in [6.07, 6.45) is 0. The van der Waals surface area contributed by atoms with Crippen LogP contribution in [0.1, 0.15) is 17.0 Å². The molecule has 4 rings (SSSR count). The molecule has 184 valence electrons. The molecule has 0 amide bonds. The van der Waals surface area contributed by atoms with E-state index in [9.17, 15) is 32.0 Å². The Hall–Kier alpha value is -4.11. The Balaban J connectivity index is 1.55. The number of rotatable bonds is 5. The van der Waals surface area contributed by atoms with Crippen molar-refractivity contribution < 1.29 is 41.0 Å². The number of nitrogens with zero attached hydrogens (tertiary/aromatic N) is 1. The number of hydrogen-bond donors (Lipinski definition) is 1. The smallest absolute Gasteiger partial charge is 0.349 e. The standard InChI is InChI=1S/C24H12BrF5N2O4/c25-11-3-1-10(2-4-11)17-13-6-5-12(7-15(13)36-24(32)14(17)8-31)35-16(33)9-34-23-21(29)19(27)18(26)20(28)22(23)30/h1-7,17H,9,32H2. The average Bonchev–Trinajstić information content (AvgIpc) is 2.86. The van der Waals surface area contributed by atoms with Crippen molar-refractivity contribution in [3.63, 3.8) is 0 Å². The highest BCUT2D eigenvalue weighted by atomic mass is 79.9. The number of fused-ring (bicyclic) bond motifs is 1. The summed E-state index contributed by atoms with van der Waals surface area (Å²) in [6, 6.07) is 13.4. The van der Waals surface area contributed by atoms with Gasteiger partial charge in [-0.25, -0.2) is 18.0 Å². The fourth-order valence-corrected chi connectivity index (χ4v) is 3.77. The Labute approximate surface area is 208 Å². The minimum atomic E-state index is -2.36. The van der Waals surface area contributed by atoms with Gasteiger partial charge in [-0.15, -0.1) is 0 Å². The number of ether oxygens (including phenoxy) is 3. The van der Waals surface area contributed by atoms with Crippen molar-refractivity contribution >= 4 is 21.9 Å². The van der Waals surface area contributed by atoms with Crippen molar-refractivity contribution in [1.29, 1.82) is 5.26 Å². The second kappa shape index (κ2) is 9.87. The molecule has 0 aliphatic carbocycles. The van der Waals surface area contributed by atoms with Crippen LogP contribution in [0.15, 0.2) is 58.4 Å². The van der Waals surface area contributed by atoms with Crippen LogP contribution in [0, 0.1) is 40.4 Å². The van der Waals surface area contributed by atoms with E-state index in [1.165, 1.54) is 18.2 Å². The van der Waals surface area contributed by atoms with Crippen LogP contribution in [0.5, 0.6) is 17.2 Å². The second-order valence-electron chi connectivity index (χ2n) is 7.34. The summed E-state index contributed by atoms with van der Waals surface area (Å²) >= 11 is 3.34. The van der Waals surface area contributed by atoms with Gasteiger partial charge < -0.3 is 19.9 Å². The number of carbonyl (C=O) groups excluding carboxylic acids is 1. The van der Waals surface area contributed by atoms with Gasteiger partial charge in [-0.3, -0.25) is 0 Å². The predicted molar refractivity (Wildman–Crippen MR) is 117 cm³/mol. The zero-order chi connectivity index (χ0) is 26.1. The third-order valence-electron chi connectivity index (χ3n) is 5.13. The minimum absolute atomic E-state index is 0.0949. The topological polar surface area (TPSA) is 94.6 Å². The number of halogens is 6. The first-order valence-electron chi connectivity index (χ1n) is 9.94. The molecule has 0 fully saturated rings. The monoisotopic (exact) mass is 566 g/mol. The summed E-state index contributed by atoms with van der Waals surface area (Å²) in [6.45, 7) is -1.17. The Morgan fingerprint density at radius 1 is 1.00 bits per heavy atom. The largest absolute Gasteiger partial charge is 0.476 e. The number of hydrogen-bond acceptors (Lipinski definition) is 6. The highest BCUT2D eigenvalue weighted by Crippen LogP contribution is 2.43. The van der Waals surface area contributed by atoms with Crippen LogP contribution in [0.4, 0.5) is 22.0 Å². The summed E-state index contributed by atoms with van der Waals surface area (Å²) in [5.41, 5.74) is 7.38. The van der Waals surface area contributed by atoms with Gasteiger partial charge in [0, 0.05) is 16.1 Å².